The van der Waals surface area contributed by atoms with E-state index in [4.69, 9.17) is 9.90 Å². The number of aliphatic carboxylic acids is 1. The molecule has 0 radical (unpaired) electrons. The van der Waals surface area contributed by atoms with Crippen LogP contribution in [0.1, 0.15) is 31.7 Å². The Hall–Kier alpha value is -2.63. The molecular formula is C25H33N3O2. The number of aromatic nitrogens is 1. The third kappa shape index (κ3) is 6.44. The number of aromatic amines is 1. The molecule has 4 rings (SSSR count). The summed E-state index contributed by atoms with van der Waals surface area (Å²) < 4.78 is 0. The van der Waals surface area contributed by atoms with E-state index >= 15 is 0 Å². The minimum absolute atomic E-state index is 0.972. The molecule has 1 fully saturated rings. The van der Waals surface area contributed by atoms with Crippen molar-refractivity contribution in [3.63, 3.8) is 0 Å². The third-order valence-electron chi connectivity index (χ3n) is 5.56. The zero-order valence-corrected chi connectivity index (χ0v) is 17.9. The molecule has 1 aromatic heterocycles. The van der Waals surface area contributed by atoms with Crippen LogP contribution in [0.5, 0.6) is 0 Å². The van der Waals surface area contributed by atoms with Crippen molar-refractivity contribution in [2.75, 3.05) is 32.7 Å². The van der Waals surface area contributed by atoms with E-state index in [-0.39, 0.29) is 0 Å². The van der Waals surface area contributed by atoms with Crippen molar-refractivity contribution in [1.82, 2.24) is 9.88 Å². The lowest BCUT2D eigenvalue weighted by molar-refractivity contribution is -0.654. The van der Waals surface area contributed by atoms with Crippen LogP contribution in [0.3, 0.4) is 0 Å². The van der Waals surface area contributed by atoms with Crippen LogP contribution in [0, 0.1) is 0 Å². The molecule has 1 saturated heterocycles. The standard InChI is InChI=1S/C23H29N3.C2H4O2/c1-2-9-19(10-3-1)23-21(20-11-4-5-12-22(20)25-23)13-15-24-14-8-18-26-16-6-7-17-26;1-2(3)4/h1-5,9-12,24-25H,6-8,13-18H2;1H3,(H,3,4). The molecule has 0 unspecified atom stereocenters. The lowest BCUT2D eigenvalue weighted by Gasteiger charge is -2.13. The Balaban J connectivity index is 0.000000589. The number of H-pyrrole nitrogens is 1. The summed E-state index contributed by atoms with van der Waals surface area (Å²) in [6, 6.07) is 19.4. The first-order valence-electron chi connectivity index (χ1n) is 11.0. The Morgan fingerprint density at radius 3 is 2.43 bits per heavy atom. The van der Waals surface area contributed by atoms with Gasteiger partial charge in [0.15, 0.2) is 0 Å². The zero-order valence-electron chi connectivity index (χ0n) is 17.9. The first-order chi connectivity index (χ1) is 14.6. The summed E-state index contributed by atoms with van der Waals surface area (Å²) >= 11 is 0. The molecule has 0 spiro atoms. The summed E-state index contributed by atoms with van der Waals surface area (Å²) in [5.41, 5.74) is 5.28. The van der Waals surface area contributed by atoms with Crippen LogP contribution in [0.2, 0.25) is 0 Å². The molecule has 5 heteroatoms. The summed E-state index contributed by atoms with van der Waals surface area (Å²) in [6.45, 7) is 7.27. The summed E-state index contributed by atoms with van der Waals surface area (Å²) in [5, 5.41) is 12.8. The number of hydrogen-bond acceptors (Lipinski definition) is 3. The predicted molar refractivity (Wildman–Crippen MR) is 120 cm³/mol. The monoisotopic (exact) mass is 407 g/mol. The van der Waals surface area contributed by atoms with E-state index < -0.39 is 5.97 Å². The number of carbonyl (C=O) groups excluding carboxylic acids is 1. The van der Waals surface area contributed by atoms with E-state index in [1.165, 1.54) is 73.2 Å². The lowest BCUT2D eigenvalue weighted by atomic mass is 10.0. The van der Waals surface area contributed by atoms with Gasteiger partial charge in [-0.25, -0.2) is 0 Å². The average Bonchev–Trinajstić information content (AvgIpc) is 3.39. The highest BCUT2D eigenvalue weighted by atomic mass is 16.4. The summed E-state index contributed by atoms with van der Waals surface area (Å²) in [6.07, 6.45) is 5.20. The van der Waals surface area contributed by atoms with Crippen LogP contribution in [0.15, 0.2) is 54.6 Å². The second-order valence-corrected chi connectivity index (χ2v) is 7.90. The van der Waals surface area contributed by atoms with Crippen LogP contribution in [-0.2, 0) is 11.2 Å². The molecule has 0 atom stereocenters. The van der Waals surface area contributed by atoms with Crippen molar-refractivity contribution in [1.29, 1.82) is 0 Å². The van der Waals surface area contributed by atoms with E-state index in [0.29, 0.717) is 0 Å². The number of hydrogen-bond donors (Lipinski definition) is 2. The fourth-order valence-corrected chi connectivity index (χ4v) is 4.17. The molecule has 1 aliphatic heterocycles. The smallest absolute Gasteiger partial charge is 0.0797 e. The predicted octanol–water partition coefficient (Wildman–Crippen LogP) is 2.18. The van der Waals surface area contributed by atoms with E-state index in [0.717, 1.165) is 19.9 Å². The number of fused-ring (bicyclic) bond motifs is 1. The van der Waals surface area contributed by atoms with Gasteiger partial charge in [0, 0.05) is 42.0 Å². The largest absolute Gasteiger partial charge is 0.550 e. The Labute approximate surface area is 179 Å². The van der Waals surface area contributed by atoms with E-state index in [9.17, 15) is 0 Å². The van der Waals surface area contributed by atoms with E-state index in [1.807, 2.05) is 0 Å². The number of carboxylic acid groups (broad SMARTS) is 1. The summed E-state index contributed by atoms with van der Waals surface area (Å²) in [4.78, 5) is 15.2. The van der Waals surface area contributed by atoms with Gasteiger partial charge >= 0.3 is 0 Å². The topological polar surface area (TPSA) is 75.8 Å². The molecule has 30 heavy (non-hydrogen) atoms. The van der Waals surface area contributed by atoms with E-state index in [1.54, 1.807) is 0 Å². The number of benzene rings is 2. The van der Waals surface area contributed by atoms with Gasteiger partial charge < -0.3 is 25.1 Å². The second kappa shape index (κ2) is 11.5. The number of rotatable bonds is 8. The molecule has 2 aromatic carbocycles. The Bertz CT molecular complexity index is 911. The number of likely N-dealkylation sites (tertiary alicyclic amines) is 1. The fraction of sp³-hybridized carbons (Fsp3) is 0.400. The van der Waals surface area contributed by atoms with Gasteiger partial charge in [0.2, 0.25) is 0 Å². The molecule has 160 valence electrons. The van der Waals surface area contributed by atoms with Gasteiger partial charge in [0.05, 0.1) is 13.1 Å². The normalized spacial score (nSPS) is 13.9. The number of para-hydroxylation sites is 1. The number of carboxylic acids is 1. The van der Waals surface area contributed by atoms with Gasteiger partial charge in [0.25, 0.3) is 0 Å². The van der Waals surface area contributed by atoms with Crippen LogP contribution in [0.25, 0.3) is 22.2 Å². The average molecular weight is 408 g/mol. The first kappa shape index (κ1) is 22.1. The van der Waals surface area contributed by atoms with Gasteiger partial charge in [-0.15, -0.1) is 0 Å². The van der Waals surface area contributed by atoms with Crippen molar-refractivity contribution in [3.8, 4) is 11.3 Å². The SMILES string of the molecule is CC(=O)[O-].c1ccc(-c2[nH]c3ccccc3c2CC[NH2+]CCCN2CCCC2)cc1. The van der Waals surface area contributed by atoms with Crippen LogP contribution < -0.4 is 10.4 Å². The number of nitrogens with zero attached hydrogens (tertiary/aromatic N) is 1. The Morgan fingerprint density at radius 2 is 1.70 bits per heavy atom. The van der Waals surface area contributed by atoms with E-state index in [2.05, 4.69) is 69.8 Å². The number of quaternary nitrogens is 1. The molecule has 3 aromatic rings. The maximum atomic E-state index is 8.89. The van der Waals surface area contributed by atoms with Crippen molar-refractivity contribution >= 4 is 16.9 Å². The van der Waals surface area contributed by atoms with Crippen LogP contribution >= 0.6 is 0 Å². The number of nitrogens with two attached hydrogens (primary N) is 1. The highest BCUT2D eigenvalue weighted by Crippen LogP contribution is 2.30. The molecule has 3 N–H and O–H groups in total. The van der Waals surface area contributed by atoms with Crippen LogP contribution in [0.4, 0.5) is 0 Å². The molecule has 2 heterocycles. The lowest BCUT2D eigenvalue weighted by Crippen LogP contribution is -2.85. The highest BCUT2D eigenvalue weighted by Gasteiger charge is 2.13. The van der Waals surface area contributed by atoms with Crippen molar-refractivity contribution < 1.29 is 15.2 Å². The Morgan fingerprint density at radius 1 is 1.03 bits per heavy atom. The third-order valence-corrected chi connectivity index (χ3v) is 5.56. The molecule has 5 nitrogen and oxygen atoms in total. The van der Waals surface area contributed by atoms with Gasteiger partial charge in [-0.05, 0) is 50.0 Å². The maximum absolute atomic E-state index is 8.89. The molecule has 0 aliphatic carbocycles. The van der Waals surface area contributed by atoms with Crippen molar-refractivity contribution in [3.05, 3.63) is 60.2 Å². The molecule has 0 saturated carbocycles. The number of carbonyl (C=O) groups is 1. The molecule has 0 amide bonds. The zero-order chi connectivity index (χ0) is 21.2. The first-order valence-corrected chi connectivity index (χ1v) is 11.0. The summed E-state index contributed by atoms with van der Waals surface area (Å²) in [5.74, 6) is -1.08. The van der Waals surface area contributed by atoms with Gasteiger partial charge in [-0.3, -0.25) is 0 Å². The molecule has 0 bridgehead atoms. The van der Waals surface area contributed by atoms with Gasteiger partial charge in [-0.1, -0.05) is 48.5 Å². The minimum atomic E-state index is -1.08. The quantitative estimate of drug-likeness (QED) is 0.562. The van der Waals surface area contributed by atoms with Gasteiger partial charge in [0.1, 0.15) is 0 Å². The van der Waals surface area contributed by atoms with Crippen molar-refractivity contribution in [2.45, 2.75) is 32.6 Å². The highest BCUT2D eigenvalue weighted by molar-refractivity contribution is 5.90. The summed E-state index contributed by atoms with van der Waals surface area (Å²) in [7, 11) is 0. The number of nitrogens with one attached hydrogen (secondary N) is 1. The second-order valence-electron chi connectivity index (χ2n) is 7.90. The maximum Gasteiger partial charge on any atom is 0.0797 e. The minimum Gasteiger partial charge on any atom is -0.550 e. The molecular weight excluding hydrogens is 374 g/mol. The molecule has 1 aliphatic rings. The fourth-order valence-electron chi connectivity index (χ4n) is 4.17. The van der Waals surface area contributed by atoms with Gasteiger partial charge in [-0.2, -0.15) is 0 Å². The van der Waals surface area contributed by atoms with Crippen LogP contribution in [-0.4, -0.2) is 48.6 Å². The van der Waals surface area contributed by atoms with Crippen molar-refractivity contribution in [2.24, 2.45) is 0 Å². The Kier molecular flexibility index (Phi) is 8.48.